The van der Waals surface area contributed by atoms with Gasteiger partial charge in [0.05, 0.1) is 0 Å². The van der Waals surface area contributed by atoms with Crippen LogP contribution in [0.15, 0.2) is 84.5 Å². The Bertz CT molecular complexity index is 867. The molecule has 0 amide bonds. The molecular weight excluding hydrogens is 390 g/mol. The summed E-state index contributed by atoms with van der Waals surface area (Å²) in [5, 5.41) is 3.02. The van der Waals surface area contributed by atoms with Crippen LogP contribution >= 0.6 is 0 Å². The van der Waals surface area contributed by atoms with Crippen molar-refractivity contribution in [3.63, 3.8) is 0 Å². The fourth-order valence-corrected chi connectivity index (χ4v) is 11.7. The van der Waals surface area contributed by atoms with E-state index in [-0.39, 0.29) is 5.04 Å². The average molecular weight is 430 g/mol. The quantitative estimate of drug-likeness (QED) is 0.515. The molecule has 1 nitrogen and oxygen atoms in total. The van der Waals surface area contributed by atoms with Crippen molar-refractivity contribution < 1.29 is 0 Å². The summed E-state index contributed by atoms with van der Waals surface area (Å²) in [4.78, 5) is 4.47. The van der Waals surface area contributed by atoms with Gasteiger partial charge >= 0.3 is 0 Å². The molecule has 0 saturated heterocycles. The van der Waals surface area contributed by atoms with Gasteiger partial charge in [-0.15, -0.1) is 0 Å². The molecule has 1 saturated carbocycles. The van der Waals surface area contributed by atoms with E-state index < -0.39 is 8.24 Å². The first kappa shape index (κ1) is 22.3. The smallest absolute Gasteiger partial charge is 0.204 e. The lowest BCUT2D eigenvalue weighted by Gasteiger charge is -2.51. The van der Waals surface area contributed by atoms with E-state index in [1.54, 1.807) is 0 Å². The number of nitrogens with one attached hydrogen (secondary N) is 1. The molecule has 2 aromatic carbocycles. The highest BCUT2D eigenvalue weighted by molar-refractivity contribution is 7.03. The summed E-state index contributed by atoms with van der Waals surface area (Å²) >= 11 is 0. The Kier molecular flexibility index (Phi) is 6.69. The summed E-state index contributed by atoms with van der Waals surface area (Å²) in [5.41, 5.74) is 1.49. The van der Waals surface area contributed by atoms with E-state index in [1.165, 1.54) is 48.1 Å². The van der Waals surface area contributed by atoms with Crippen molar-refractivity contribution in [2.45, 2.75) is 70.9 Å². The molecule has 0 aromatic heterocycles. The fourth-order valence-electron chi connectivity index (χ4n) is 5.88. The SMILES string of the molecule is CC(C)C1=CC(C(C)C)([Si](NC2CCCCC2)(c2ccccc2)c2ccccc2)C=C1. The highest BCUT2D eigenvalue weighted by Gasteiger charge is 2.57. The van der Waals surface area contributed by atoms with Gasteiger partial charge < -0.3 is 4.98 Å². The maximum atomic E-state index is 4.47. The van der Waals surface area contributed by atoms with Gasteiger partial charge in [0.2, 0.25) is 8.24 Å². The van der Waals surface area contributed by atoms with Crippen LogP contribution in [0.5, 0.6) is 0 Å². The van der Waals surface area contributed by atoms with Crippen LogP contribution in [0, 0.1) is 11.8 Å². The van der Waals surface area contributed by atoms with E-state index in [0.717, 1.165) is 0 Å². The molecule has 1 atom stereocenters. The second-order valence-electron chi connectivity index (χ2n) is 10.2. The van der Waals surface area contributed by atoms with Gasteiger partial charge in [-0.2, -0.15) is 0 Å². The van der Waals surface area contributed by atoms with E-state index in [0.29, 0.717) is 17.9 Å². The first-order chi connectivity index (χ1) is 15.0. The van der Waals surface area contributed by atoms with Crippen molar-refractivity contribution >= 4 is 18.6 Å². The standard InChI is InChI=1S/C29H39NSi/c1-23(2)25-20-21-29(22-25,24(3)4)31(27-16-10-6-11-17-27,28-18-12-7-13-19-28)30-26-14-8-5-9-15-26/h6-7,10-13,16-24,26,30H,5,8-9,14-15H2,1-4H3. The van der Waals surface area contributed by atoms with E-state index in [4.69, 9.17) is 0 Å². The highest BCUT2D eigenvalue weighted by atomic mass is 28.3. The zero-order chi connectivity index (χ0) is 21.9. The first-order valence-electron chi connectivity index (χ1n) is 12.3. The third-order valence-electron chi connectivity index (χ3n) is 7.67. The molecule has 0 spiro atoms. The summed E-state index contributed by atoms with van der Waals surface area (Å²) in [5.74, 6) is 1.05. The van der Waals surface area contributed by atoms with Crippen LogP contribution in [0.4, 0.5) is 0 Å². The maximum absolute atomic E-state index is 4.47. The van der Waals surface area contributed by atoms with Crippen molar-refractivity contribution in [1.82, 2.24) is 4.98 Å². The molecular formula is C29H39NSi. The van der Waals surface area contributed by atoms with Crippen molar-refractivity contribution in [1.29, 1.82) is 0 Å². The molecule has 0 radical (unpaired) electrons. The minimum absolute atomic E-state index is 0.00670. The predicted octanol–water partition coefficient (Wildman–Crippen LogP) is 6.22. The van der Waals surface area contributed by atoms with Gasteiger partial charge in [0, 0.05) is 11.1 Å². The third kappa shape index (κ3) is 4.01. The van der Waals surface area contributed by atoms with Crippen molar-refractivity contribution in [2.75, 3.05) is 0 Å². The van der Waals surface area contributed by atoms with Crippen molar-refractivity contribution in [3.05, 3.63) is 84.5 Å². The van der Waals surface area contributed by atoms with Gasteiger partial charge in [0.25, 0.3) is 0 Å². The molecule has 2 heteroatoms. The van der Waals surface area contributed by atoms with Crippen LogP contribution in [-0.2, 0) is 0 Å². The Labute approximate surface area is 190 Å². The lowest BCUT2D eigenvalue weighted by molar-refractivity contribution is 0.408. The number of benzene rings is 2. The Hall–Kier alpha value is -1.90. The molecule has 2 aromatic rings. The highest BCUT2D eigenvalue weighted by Crippen LogP contribution is 2.52. The van der Waals surface area contributed by atoms with E-state index >= 15 is 0 Å². The van der Waals surface area contributed by atoms with Crippen LogP contribution in [-0.4, -0.2) is 14.3 Å². The molecule has 2 aliphatic carbocycles. The number of allylic oxidation sites excluding steroid dienone is 4. The molecule has 4 rings (SSSR count). The van der Waals surface area contributed by atoms with E-state index in [9.17, 15) is 0 Å². The van der Waals surface area contributed by atoms with Gasteiger partial charge in [-0.1, -0.05) is 126 Å². The zero-order valence-electron chi connectivity index (χ0n) is 19.8. The van der Waals surface area contributed by atoms with Crippen LogP contribution in [0.2, 0.25) is 5.04 Å². The lowest BCUT2D eigenvalue weighted by Crippen LogP contribution is -2.77. The average Bonchev–Trinajstić information content (AvgIpc) is 3.27. The second-order valence-corrected chi connectivity index (χ2v) is 14.0. The maximum Gasteiger partial charge on any atom is 0.204 e. The number of rotatable bonds is 7. The summed E-state index contributed by atoms with van der Waals surface area (Å²) in [6, 6.07) is 23.5. The van der Waals surface area contributed by atoms with Gasteiger partial charge in [0.15, 0.2) is 0 Å². The molecule has 1 N–H and O–H groups in total. The molecule has 0 aliphatic heterocycles. The van der Waals surface area contributed by atoms with Crippen LogP contribution in [0.1, 0.15) is 59.8 Å². The van der Waals surface area contributed by atoms with E-state index in [2.05, 4.69) is 112 Å². The number of hydrogen-bond donors (Lipinski definition) is 1. The fraction of sp³-hybridized carbons (Fsp3) is 0.448. The Morgan fingerprint density at radius 1 is 0.806 bits per heavy atom. The normalized spacial score (nSPS) is 22.3. The van der Waals surface area contributed by atoms with E-state index in [1.807, 2.05) is 0 Å². The summed E-state index contributed by atoms with van der Waals surface area (Å²) in [6.07, 6.45) is 14.4. The summed E-state index contributed by atoms with van der Waals surface area (Å²) < 4.78 is 0. The van der Waals surface area contributed by atoms with Crippen molar-refractivity contribution in [3.8, 4) is 0 Å². The molecule has 2 aliphatic rings. The lowest BCUT2D eigenvalue weighted by atomic mass is 9.94. The van der Waals surface area contributed by atoms with Crippen molar-refractivity contribution in [2.24, 2.45) is 11.8 Å². The monoisotopic (exact) mass is 429 g/mol. The van der Waals surface area contributed by atoms with Gasteiger partial charge in [-0.05, 0) is 40.6 Å². The van der Waals surface area contributed by atoms with Gasteiger partial charge in [0.1, 0.15) is 0 Å². The molecule has 0 heterocycles. The topological polar surface area (TPSA) is 12.0 Å². The number of hydrogen-bond acceptors (Lipinski definition) is 1. The molecule has 1 unspecified atom stereocenters. The first-order valence-corrected chi connectivity index (χ1v) is 14.3. The molecule has 31 heavy (non-hydrogen) atoms. The predicted molar refractivity (Wildman–Crippen MR) is 138 cm³/mol. The van der Waals surface area contributed by atoms with Crippen LogP contribution in [0.25, 0.3) is 0 Å². The summed E-state index contributed by atoms with van der Waals surface area (Å²) in [7, 11) is -2.42. The van der Waals surface area contributed by atoms with Crippen LogP contribution in [0.3, 0.4) is 0 Å². The second kappa shape index (κ2) is 9.30. The Morgan fingerprint density at radius 3 is 1.81 bits per heavy atom. The minimum Gasteiger partial charge on any atom is -0.327 e. The van der Waals surface area contributed by atoms with Gasteiger partial charge in [-0.3, -0.25) is 0 Å². The molecule has 1 fully saturated rings. The largest absolute Gasteiger partial charge is 0.327 e. The third-order valence-corrected chi connectivity index (χ3v) is 13.1. The Balaban J connectivity index is 2.00. The summed E-state index contributed by atoms with van der Waals surface area (Å²) in [6.45, 7) is 9.52. The molecule has 164 valence electrons. The zero-order valence-corrected chi connectivity index (χ0v) is 20.8. The minimum atomic E-state index is -2.42. The Morgan fingerprint density at radius 2 is 1.35 bits per heavy atom. The van der Waals surface area contributed by atoms with Gasteiger partial charge in [-0.25, -0.2) is 0 Å². The van der Waals surface area contributed by atoms with Crippen LogP contribution < -0.4 is 15.4 Å². The molecule has 0 bridgehead atoms.